The van der Waals surface area contributed by atoms with Gasteiger partial charge in [-0.1, -0.05) is 0 Å². The lowest BCUT2D eigenvalue weighted by Crippen LogP contribution is -2.50. The molecule has 1 atom stereocenters. The molecule has 0 fully saturated rings. The first kappa shape index (κ1) is 17.3. The van der Waals surface area contributed by atoms with Gasteiger partial charge in [-0.05, 0) is 34.6 Å². The number of carbonyl (C=O) groups is 1. The number of rotatable bonds is 1. The van der Waals surface area contributed by atoms with Crippen LogP contribution in [0.1, 0.15) is 51.9 Å². The topological polar surface area (TPSA) is 73.5 Å². The number of amides is 1. The molecule has 2 rings (SSSR count). The Labute approximate surface area is 135 Å². The number of hydrogen-bond acceptors (Lipinski definition) is 4. The average molecular weight is 323 g/mol. The molecule has 0 radical (unpaired) electrons. The SMILES string of the molecule is CCn1c(=O)c2c(n(C)c1=O)CCN(C(=O)OC(C)(C)C)C2C. The van der Waals surface area contributed by atoms with E-state index >= 15 is 0 Å². The maximum atomic E-state index is 12.7. The maximum absolute atomic E-state index is 12.7. The number of hydrogen-bond donors (Lipinski definition) is 0. The van der Waals surface area contributed by atoms with Gasteiger partial charge in [0.25, 0.3) is 5.56 Å². The highest BCUT2D eigenvalue weighted by Gasteiger charge is 2.34. The smallest absolute Gasteiger partial charge is 0.410 e. The van der Waals surface area contributed by atoms with E-state index in [4.69, 9.17) is 4.74 Å². The van der Waals surface area contributed by atoms with Crippen LogP contribution in [0, 0.1) is 0 Å². The summed E-state index contributed by atoms with van der Waals surface area (Å²) in [5.74, 6) is 0. The summed E-state index contributed by atoms with van der Waals surface area (Å²) in [5.41, 5.74) is -0.00635. The Morgan fingerprint density at radius 2 is 1.91 bits per heavy atom. The molecule has 0 bridgehead atoms. The fraction of sp³-hybridized carbons (Fsp3) is 0.688. The Balaban J connectivity index is 2.50. The number of ether oxygens (including phenoxy) is 1. The molecular weight excluding hydrogens is 298 g/mol. The van der Waals surface area contributed by atoms with E-state index in [-0.39, 0.29) is 11.2 Å². The minimum Gasteiger partial charge on any atom is -0.444 e. The van der Waals surface area contributed by atoms with Crippen LogP contribution in [0.2, 0.25) is 0 Å². The van der Waals surface area contributed by atoms with Crippen molar-refractivity contribution < 1.29 is 9.53 Å². The highest BCUT2D eigenvalue weighted by atomic mass is 16.6. The molecule has 128 valence electrons. The normalized spacial score (nSPS) is 17.8. The van der Waals surface area contributed by atoms with Gasteiger partial charge < -0.3 is 14.2 Å². The molecule has 0 spiro atoms. The zero-order valence-corrected chi connectivity index (χ0v) is 14.7. The number of carbonyl (C=O) groups excluding carboxylic acids is 1. The second kappa shape index (κ2) is 5.86. The zero-order valence-electron chi connectivity index (χ0n) is 14.7. The van der Waals surface area contributed by atoms with Crippen LogP contribution in [0.15, 0.2) is 9.59 Å². The van der Waals surface area contributed by atoms with E-state index in [2.05, 4.69) is 0 Å². The first-order chi connectivity index (χ1) is 10.6. The zero-order chi connectivity index (χ0) is 17.5. The van der Waals surface area contributed by atoms with E-state index in [9.17, 15) is 14.4 Å². The van der Waals surface area contributed by atoms with Gasteiger partial charge in [0.15, 0.2) is 0 Å². The first-order valence-electron chi connectivity index (χ1n) is 7.90. The largest absolute Gasteiger partial charge is 0.444 e. The van der Waals surface area contributed by atoms with Crippen molar-refractivity contribution in [1.82, 2.24) is 14.0 Å². The third-order valence-electron chi connectivity index (χ3n) is 4.13. The van der Waals surface area contributed by atoms with E-state index in [1.54, 1.807) is 46.6 Å². The molecule has 2 heterocycles. The van der Waals surface area contributed by atoms with E-state index in [1.165, 1.54) is 9.13 Å². The molecule has 7 heteroatoms. The molecular formula is C16H25N3O4. The maximum Gasteiger partial charge on any atom is 0.410 e. The highest BCUT2D eigenvalue weighted by molar-refractivity contribution is 5.69. The van der Waals surface area contributed by atoms with Crippen molar-refractivity contribution in [2.45, 2.75) is 59.2 Å². The van der Waals surface area contributed by atoms with Gasteiger partial charge in [-0.2, -0.15) is 0 Å². The molecule has 1 unspecified atom stereocenters. The Hall–Kier alpha value is -2.05. The Morgan fingerprint density at radius 1 is 1.30 bits per heavy atom. The lowest BCUT2D eigenvalue weighted by molar-refractivity contribution is 0.0154. The summed E-state index contributed by atoms with van der Waals surface area (Å²) in [7, 11) is 1.67. The number of aromatic nitrogens is 2. The Bertz CT molecular complexity index is 739. The fourth-order valence-electron chi connectivity index (χ4n) is 2.98. The average Bonchev–Trinajstić information content (AvgIpc) is 2.43. The quantitative estimate of drug-likeness (QED) is 0.783. The summed E-state index contributed by atoms with van der Waals surface area (Å²) < 4.78 is 8.14. The van der Waals surface area contributed by atoms with Crippen LogP contribution in [0.4, 0.5) is 4.79 Å². The molecule has 0 saturated heterocycles. The molecule has 1 aromatic heterocycles. The molecule has 23 heavy (non-hydrogen) atoms. The monoisotopic (exact) mass is 323 g/mol. The summed E-state index contributed by atoms with van der Waals surface area (Å²) >= 11 is 0. The van der Waals surface area contributed by atoms with Gasteiger partial charge in [-0.15, -0.1) is 0 Å². The molecule has 1 amide bonds. The van der Waals surface area contributed by atoms with Crippen LogP contribution in [0.25, 0.3) is 0 Å². The molecule has 0 saturated carbocycles. The van der Waals surface area contributed by atoms with Crippen LogP contribution in [0.3, 0.4) is 0 Å². The molecule has 0 aliphatic carbocycles. The summed E-state index contributed by atoms with van der Waals surface area (Å²) in [5, 5.41) is 0. The molecule has 0 aromatic carbocycles. The molecule has 1 aliphatic rings. The third-order valence-corrected chi connectivity index (χ3v) is 4.13. The van der Waals surface area contributed by atoms with Crippen molar-refractivity contribution in [1.29, 1.82) is 0 Å². The number of nitrogens with zero attached hydrogens (tertiary/aromatic N) is 3. The molecule has 0 N–H and O–H groups in total. The first-order valence-corrected chi connectivity index (χ1v) is 7.90. The van der Waals surface area contributed by atoms with Crippen LogP contribution in [-0.4, -0.2) is 32.3 Å². The van der Waals surface area contributed by atoms with Crippen molar-refractivity contribution in [2.24, 2.45) is 7.05 Å². The van der Waals surface area contributed by atoms with Crippen LogP contribution in [-0.2, 0) is 24.8 Å². The predicted molar refractivity (Wildman–Crippen MR) is 86.7 cm³/mol. The molecule has 7 nitrogen and oxygen atoms in total. The van der Waals surface area contributed by atoms with Crippen LogP contribution >= 0.6 is 0 Å². The van der Waals surface area contributed by atoms with Crippen molar-refractivity contribution in [2.75, 3.05) is 6.54 Å². The van der Waals surface area contributed by atoms with Gasteiger partial charge in [0.1, 0.15) is 5.60 Å². The highest BCUT2D eigenvalue weighted by Crippen LogP contribution is 2.27. The Kier molecular flexibility index (Phi) is 4.41. The van der Waals surface area contributed by atoms with Gasteiger partial charge in [-0.3, -0.25) is 9.36 Å². The van der Waals surface area contributed by atoms with Gasteiger partial charge in [0.2, 0.25) is 0 Å². The minimum atomic E-state index is -0.593. The lowest BCUT2D eigenvalue weighted by atomic mass is 9.99. The summed E-state index contributed by atoms with van der Waals surface area (Å²) in [6.45, 7) is 9.70. The van der Waals surface area contributed by atoms with Crippen molar-refractivity contribution in [3.63, 3.8) is 0 Å². The second-order valence-electron chi connectivity index (χ2n) is 6.85. The van der Waals surface area contributed by atoms with Crippen LogP contribution in [0.5, 0.6) is 0 Å². The van der Waals surface area contributed by atoms with Gasteiger partial charge in [-0.25, -0.2) is 9.59 Å². The lowest BCUT2D eigenvalue weighted by Gasteiger charge is -2.36. The summed E-state index contributed by atoms with van der Waals surface area (Å²) in [6.07, 6.45) is 0.0247. The number of fused-ring (bicyclic) bond motifs is 1. The fourth-order valence-corrected chi connectivity index (χ4v) is 2.98. The third kappa shape index (κ3) is 3.04. The summed E-state index contributed by atoms with van der Waals surface area (Å²) in [6, 6.07) is -0.425. The van der Waals surface area contributed by atoms with Gasteiger partial charge in [0.05, 0.1) is 11.6 Å². The van der Waals surface area contributed by atoms with E-state index < -0.39 is 17.7 Å². The standard InChI is InChI=1S/C16H25N3O4/c1-7-18-13(20)12-10(2)19(15(22)23-16(3,4)5)9-8-11(12)17(6)14(18)21/h10H,7-9H2,1-6H3. The van der Waals surface area contributed by atoms with Gasteiger partial charge >= 0.3 is 11.8 Å². The predicted octanol–water partition coefficient (Wildman–Crippen LogP) is 1.42. The van der Waals surface area contributed by atoms with E-state index in [0.29, 0.717) is 30.8 Å². The van der Waals surface area contributed by atoms with Gasteiger partial charge in [0, 0.05) is 32.3 Å². The van der Waals surface area contributed by atoms with Crippen molar-refractivity contribution in [3.05, 3.63) is 32.1 Å². The Morgan fingerprint density at radius 3 is 2.43 bits per heavy atom. The summed E-state index contributed by atoms with van der Waals surface area (Å²) in [4.78, 5) is 38.8. The minimum absolute atomic E-state index is 0.304. The molecule has 1 aliphatic heterocycles. The molecule has 1 aromatic rings. The van der Waals surface area contributed by atoms with Crippen LogP contribution < -0.4 is 11.2 Å². The van der Waals surface area contributed by atoms with E-state index in [1.807, 2.05) is 0 Å². The second-order valence-corrected chi connectivity index (χ2v) is 6.85. The van der Waals surface area contributed by atoms with Crippen molar-refractivity contribution in [3.8, 4) is 0 Å². The van der Waals surface area contributed by atoms with Crippen molar-refractivity contribution >= 4 is 6.09 Å². The van der Waals surface area contributed by atoms with E-state index in [0.717, 1.165) is 0 Å².